The van der Waals surface area contributed by atoms with Crippen molar-refractivity contribution in [3.05, 3.63) is 122 Å². The van der Waals surface area contributed by atoms with Crippen molar-refractivity contribution in [3.8, 4) is 23.0 Å². The summed E-state index contributed by atoms with van der Waals surface area (Å²) in [5, 5.41) is 15.7. The zero-order chi connectivity index (χ0) is 25.1. The first-order valence-electron chi connectivity index (χ1n) is 10.7. The molecule has 176 valence electrons. The molecule has 0 aliphatic rings. The first-order chi connectivity index (χ1) is 17.5. The van der Waals surface area contributed by atoms with Crippen LogP contribution >= 0.6 is 15.9 Å². The molecule has 0 saturated carbocycles. The average molecular weight is 542 g/mol. The van der Waals surface area contributed by atoms with Gasteiger partial charge in [0.05, 0.1) is 26.5 Å². The van der Waals surface area contributed by atoms with Crippen LogP contribution < -0.4 is 10.3 Å². The van der Waals surface area contributed by atoms with E-state index in [1.165, 1.54) is 16.8 Å². The number of nitrogens with zero attached hydrogens (tertiary/aromatic N) is 5. The fraction of sp³-hybridized carbons (Fsp3) is 0. The van der Waals surface area contributed by atoms with Crippen LogP contribution in [0.15, 0.2) is 105 Å². The molecule has 0 aliphatic carbocycles. The van der Waals surface area contributed by atoms with E-state index >= 15 is 0 Å². The largest absolute Gasteiger partial charge is 0.438 e. The van der Waals surface area contributed by atoms with Crippen LogP contribution in [0, 0.1) is 10.1 Å². The lowest BCUT2D eigenvalue weighted by molar-refractivity contribution is -0.385. The number of ether oxygens (including phenoxy) is 1. The molecule has 0 N–H and O–H groups in total. The summed E-state index contributed by atoms with van der Waals surface area (Å²) in [4.78, 5) is 32.2. The Morgan fingerprint density at radius 2 is 1.78 bits per heavy atom. The van der Waals surface area contributed by atoms with Crippen molar-refractivity contribution in [3.63, 3.8) is 0 Å². The highest BCUT2D eigenvalue weighted by atomic mass is 79.9. The second-order valence-corrected chi connectivity index (χ2v) is 8.44. The number of pyridine rings is 1. The lowest BCUT2D eigenvalue weighted by atomic mass is 10.2. The van der Waals surface area contributed by atoms with Crippen LogP contribution in [0.1, 0.15) is 5.56 Å². The lowest BCUT2D eigenvalue weighted by Gasteiger charge is -2.10. The third kappa shape index (κ3) is 4.75. The van der Waals surface area contributed by atoms with E-state index < -0.39 is 4.92 Å². The van der Waals surface area contributed by atoms with E-state index in [9.17, 15) is 14.9 Å². The molecule has 9 nitrogen and oxygen atoms in total. The normalized spacial score (nSPS) is 11.1. The number of hydrogen-bond donors (Lipinski definition) is 0. The maximum absolute atomic E-state index is 13.3. The van der Waals surface area contributed by atoms with E-state index in [4.69, 9.17) is 4.74 Å². The predicted molar refractivity (Wildman–Crippen MR) is 140 cm³/mol. The van der Waals surface area contributed by atoms with Crippen LogP contribution in [-0.2, 0) is 0 Å². The molecular formula is C26H16BrN5O4. The van der Waals surface area contributed by atoms with E-state index in [1.807, 2.05) is 36.4 Å². The Morgan fingerprint density at radius 3 is 2.50 bits per heavy atom. The van der Waals surface area contributed by atoms with Crippen molar-refractivity contribution in [2.24, 2.45) is 5.10 Å². The van der Waals surface area contributed by atoms with Gasteiger partial charge in [0, 0.05) is 17.7 Å². The second kappa shape index (κ2) is 9.88. The Bertz CT molecular complexity index is 1670. The molecule has 5 rings (SSSR count). The summed E-state index contributed by atoms with van der Waals surface area (Å²) in [6, 6.07) is 24.5. The van der Waals surface area contributed by atoms with E-state index in [-0.39, 0.29) is 17.1 Å². The summed E-state index contributed by atoms with van der Waals surface area (Å²) in [6.07, 6.45) is 2.69. The average Bonchev–Trinajstić information content (AvgIpc) is 2.90. The molecule has 0 bridgehead atoms. The Hall–Kier alpha value is -4.70. The van der Waals surface area contributed by atoms with Crippen molar-refractivity contribution >= 4 is 38.7 Å². The number of halogens is 1. The topological polar surface area (TPSA) is 113 Å². The van der Waals surface area contributed by atoms with Crippen LogP contribution in [0.4, 0.5) is 5.69 Å². The summed E-state index contributed by atoms with van der Waals surface area (Å²) in [5.74, 6) is 1.10. The van der Waals surface area contributed by atoms with Gasteiger partial charge >= 0.3 is 0 Å². The molecule has 0 amide bonds. The Morgan fingerprint density at radius 1 is 1.00 bits per heavy atom. The fourth-order valence-corrected chi connectivity index (χ4v) is 3.94. The van der Waals surface area contributed by atoms with Gasteiger partial charge < -0.3 is 4.74 Å². The van der Waals surface area contributed by atoms with Crippen molar-refractivity contribution in [2.45, 2.75) is 0 Å². The highest BCUT2D eigenvalue weighted by Crippen LogP contribution is 2.30. The quantitative estimate of drug-likeness (QED) is 0.152. The number of fused-ring (bicyclic) bond motifs is 1. The zero-order valence-corrected chi connectivity index (χ0v) is 20.1. The Labute approximate surface area is 212 Å². The first-order valence-corrected chi connectivity index (χ1v) is 11.5. The van der Waals surface area contributed by atoms with Crippen LogP contribution in [0.25, 0.3) is 22.3 Å². The van der Waals surface area contributed by atoms with Gasteiger partial charge in [-0.2, -0.15) is 9.78 Å². The SMILES string of the molecule is O=c1c2ccccc2nc(-c2ccccc2)n1N=Cc1ccc(Oc2ccc([N+](=O)[O-])cn2)c(Br)c1. The van der Waals surface area contributed by atoms with Gasteiger partial charge in [-0.25, -0.2) is 9.97 Å². The number of aromatic nitrogens is 3. The molecule has 0 aliphatic heterocycles. The molecule has 10 heteroatoms. The number of hydrogen-bond acceptors (Lipinski definition) is 7. The zero-order valence-electron chi connectivity index (χ0n) is 18.5. The van der Waals surface area contributed by atoms with Gasteiger partial charge in [0.25, 0.3) is 11.2 Å². The van der Waals surface area contributed by atoms with Gasteiger partial charge in [-0.05, 0) is 51.8 Å². The summed E-state index contributed by atoms with van der Waals surface area (Å²) < 4.78 is 7.61. The minimum atomic E-state index is -0.527. The minimum absolute atomic E-state index is 0.124. The number of rotatable bonds is 6. The Kier molecular flexibility index (Phi) is 6.33. The minimum Gasteiger partial charge on any atom is -0.438 e. The van der Waals surface area contributed by atoms with Gasteiger partial charge in [-0.3, -0.25) is 14.9 Å². The van der Waals surface area contributed by atoms with Crippen molar-refractivity contribution in [2.75, 3.05) is 0 Å². The molecule has 0 spiro atoms. The fourth-order valence-electron chi connectivity index (χ4n) is 3.46. The van der Waals surface area contributed by atoms with E-state index in [1.54, 1.807) is 42.6 Å². The molecule has 0 atom stereocenters. The lowest BCUT2D eigenvalue weighted by Crippen LogP contribution is -2.20. The molecule has 0 unspecified atom stereocenters. The molecule has 0 saturated heterocycles. The van der Waals surface area contributed by atoms with Gasteiger partial charge in [-0.1, -0.05) is 42.5 Å². The van der Waals surface area contributed by atoms with Gasteiger partial charge in [-0.15, -0.1) is 0 Å². The predicted octanol–water partition coefficient (Wildman–Crippen LogP) is 5.80. The number of para-hydroxylation sites is 1. The molecular weight excluding hydrogens is 526 g/mol. The van der Waals surface area contributed by atoms with Gasteiger partial charge in [0.15, 0.2) is 5.82 Å². The van der Waals surface area contributed by atoms with Gasteiger partial charge in [0.1, 0.15) is 11.9 Å². The highest BCUT2D eigenvalue weighted by molar-refractivity contribution is 9.10. The molecule has 36 heavy (non-hydrogen) atoms. The smallest absolute Gasteiger partial charge is 0.287 e. The molecule has 5 aromatic rings. The summed E-state index contributed by atoms with van der Waals surface area (Å²) in [7, 11) is 0. The number of nitro groups is 1. The number of benzene rings is 3. The van der Waals surface area contributed by atoms with E-state index in [0.717, 1.165) is 11.8 Å². The second-order valence-electron chi connectivity index (χ2n) is 7.58. The van der Waals surface area contributed by atoms with E-state index in [0.29, 0.717) is 32.5 Å². The molecule has 2 aromatic heterocycles. The van der Waals surface area contributed by atoms with Crippen LogP contribution in [0.3, 0.4) is 0 Å². The molecule has 0 fully saturated rings. The van der Waals surface area contributed by atoms with Crippen molar-refractivity contribution < 1.29 is 9.66 Å². The van der Waals surface area contributed by atoms with Crippen molar-refractivity contribution in [1.82, 2.24) is 14.6 Å². The van der Waals surface area contributed by atoms with Crippen LogP contribution in [0.2, 0.25) is 0 Å². The maximum Gasteiger partial charge on any atom is 0.287 e. The molecule has 2 heterocycles. The molecule has 3 aromatic carbocycles. The summed E-state index contributed by atoms with van der Waals surface area (Å²) in [6.45, 7) is 0. The standard InChI is InChI=1S/C26H16BrN5O4/c27-21-14-17(10-12-23(21)36-24-13-11-19(16-28-24)32(34)35)15-29-31-25(18-6-2-1-3-7-18)30-22-9-5-4-8-20(22)26(31)33/h1-16H. The maximum atomic E-state index is 13.3. The monoisotopic (exact) mass is 541 g/mol. The van der Waals surface area contributed by atoms with Crippen molar-refractivity contribution in [1.29, 1.82) is 0 Å². The first kappa shape index (κ1) is 23.1. The highest BCUT2D eigenvalue weighted by Gasteiger charge is 2.12. The van der Waals surface area contributed by atoms with Gasteiger partial charge in [0.2, 0.25) is 5.88 Å². The van der Waals surface area contributed by atoms with Crippen LogP contribution in [-0.4, -0.2) is 25.8 Å². The van der Waals surface area contributed by atoms with Crippen LogP contribution in [0.5, 0.6) is 11.6 Å². The third-order valence-electron chi connectivity index (χ3n) is 5.21. The van der Waals surface area contributed by atoms with E-state index in [2.05, 4.69) is 31.0 Å². The summed E-state index contributed by atoms with van der Waals surface area (Å²) >= 11 is 3.46. The Balaban J connectivity index is 1.47. The summed E-state index contributed by atoms with van der Waals surface area (Å²) in [5.41, 5.74) is 1.65. The third-order valence-corrected chi connectivity index (χ3v) is 5.83. The molecule has 0 radical (unpaired) electrons.